The zero-order valence-corrected chi connectivity index (χ0v) is 22.1. The highest BCUT2D eigenvalue weighted by Crippen LogP contribution is 2.52. The molecule has 0 aliphatic heterocycles. The van der Waals surface area contributed by atoms with E-state index in [1.807, 2.05) is 31.3 Å². The molecule has 1 amide bonds. The van der Waals surface area contributed by atoms with Gasteiger partial charge in [-0.3, -0.25) is 19.3 Å². The number of carbonyl (C=O) groups excluding carboxylic acids is 3. The summed E-state index contributed by atoms with van der Waals surface area (Å²) < 4.78 is 0. The van der Waals surface area contributed by atoms with Crippen LogP contribution in [0, 0.1) is 23.7 Å². The maximum atomic E-state index is 13.9. The Hall–Kier alpha value is -4.59. The molecule has 4 atom stereocenters. The lowest BCUT2D eigenvalue weighted by atomic mass is 9.57. The van der Waals surface area contributed by atoms with Crippen LogP contribution in [-0.2, 0) is 20.8 Å². The van der Waals surface area contributed by atoms with Gasteiger partial charge in [-0.1, -0.05) is 11.8 Å². The summed E-state index contributed by atoms with van der Waals surface area (Å²) in [6.45, 7) is 0. The van der Waals surface area contributed by atoms with Crippen molar-refractivity contribution in [2.24, 2.45) is 17.6 Å². The first-order chi connectivity index (χ1) is 18.9. The Labute approximate surface area is 230 Å². The monoisotopic (exact) mass is 543 g/mol. The molecule has 0 heterocycles. The number of Topliss-reactive ketones (excluding diaryl/α,β-unsaturated/α-hetero) is 2. The van der Waals surface area contributed by atoms with Gasteiger partial charge in [-0.2, -0.15) is 0 Å². The SMILES string of the molecule is CNc1ccc(C#Cc2ccc(O)c3c2C[C@@H]2C[C@@H]4[C@@H](N(C)C)C(=O)C(C(N)=O)=C(O)[C@]4(O)C(=O)C2=C3O)cc1. The van der Waals surface area contributed by atoms with Crippen molar-refractivity contribution < 1.29 is 34.8 Å². The highest BCUT2D eigenvalue weighted by atomic mass is 16.3. The van der Waals surface area contributed by atoms with Crippen LogP contribution in [0.3, 0.4) is 0 Å². The standard InChI is InChI=1S/C30H29N3O7/c1-32-17-9-5-14(6-10-17)4-7-15-8-11-20(34)22-18(15)12-16-13-19-24(33(2)3)26(36)23(29(31)39)28(38)30(19,40)27(37)21(16)25(22)35/h5-6,8-11,16,19,24,32,34-35,38,40H,12-13H2,1-3H3,(H2,31,39)/t16-,19-,24-,30-/m1/s1. The highest BCUT2D eigenvalue weighted by molar-refractivity contribution is 6.24. The van der Waals surface area contributed by atoms with Gasteiger partial charge in [0.15, 0.2) is 11.4 Å². The Morgan fingerprint density at radius 1 is 1.07 bits per heavy atom. The van der Waals surface area contributed by atoms with Gasteiger partial charge in [0.25, 0.3) is 5.91 Å². The number of phenolic OH excluding ortho intramolecular Hbond substituents is 1. The van der Waals surface area contributed by atoms with E-state index in [-0.39, 0.29) is 29.7 Å². The van der Waals surface area contributed by atoms with Gasteiger partial charge in [0.2, 0.25) is 5.78 Å². The predicted molar refractivity (Wildman–Crippen MR) is 146 cm³/mol. The molecule has 2 aromatic carbocycles. The molecule has 0 radical (unpaired) electrons. The van der Waals surface area contributed by atoms with Crippen LogP contribution in [-0.4, -0.2) is 75.6 Å². The fourth-order valence-electron chi connectivity index (χ4n) is 6.22. The summed E-state index contributed by atoms with van der Waals surface area (Å²) in [4.78, 5) is 40.6. The normalized spacial score (nSPS) is 25.6. The fourth-order valence-corrected chi connectivity index (χ4v) is 6.22. The molecule has 1 fully saturated rings. The van der Waals surface area contributed by atoms with Crippen molar-refractivity contribution in [3.8, 4) is 17.6 Å². The number of hydrogen-bond acceptors (Lipinski definition) is 9. The number of aliphatic hydroxyl groups is 3. The number of anilines is 1. The summed E-state index contributed by atoms with van der Waals surface area (Å²) in [5, 5.41) is 47.7. The van der Waals surface area contributed by atoms with E-state index in [1.54, 1.807) is 20.2 Å². The van der Waals surface area contributed by atoms with Crippen LogP contribution in [0.4, 0.5) is 5.69 Å². The molecule has 206 valence electrons. The second-order valence-corrected chi connectivity index (χ2v) is 10.5. The van der Waals surface area contributed by atoms with Crippen molar-refractivity contribution in [3.63, 3.8) is 0 Å². The van der Waals surface area contributed by atoms with Gasteiger partial charge in [0.1, 0.15) is 22.8 Å². The molecular weight excluding hydrogens is 514 g/mol. The predicted octanol–water partition coefficient (Wildman–Crippen LogP) is 1.41. The fraction of sp³-hybridized carbons (Fsp3) is 0.300. The van der Waals surface area contributed by atoms with Crippen LogP contribution < -0.4 is 11.1 Å². The number of amides is 1. The highest BCUT2D eigenvalue weighted by Gasteiger charge is 2.64. The Balaban J connectivity index is 1.66. The number of nitrogens with zero attached hydrogens (tertiary/aromatic N) is 1. The van der Waals surface area contributed by atoms with E-state index in [2.05, 4.69) is 17.2 Å². The number of benzene rings is 2. The van der Waals surface area contributed by atoms with Crippen LogP contribution >= 0.6 is 0 Å². The number of phenols is 1. The lowest BCUT2D eigenvalue weighted by molar-refractivity contribution is -0.153. The molecule has 1 saturated carbocycles. The number of likely N-dealkylation sites (N-methyl/N-ethyl adjacent to an activating group) is 1. The Bertz CT molecular complexity index is 1590. The van der Waals surface area contributed by atoms with Crippen LogP contribution in [0.15, 0.2) is 53.3 Å². The van der Waals surface area contributed by atoms with Gasteiger partial charge < -0.3 is 31.5 Å². The lowest BCUT2D eigenvalue weighted by Crippen LogP contribution is -2.65. The molecule has 10 nitrogen and oxygen atoms in total. The number of primary amides is 1. The third-order valence-electron chi connectivity index (χ3n) is 8.12. The van der Waals surface area contributed by atoms with Crippen molar-refractivity contribution in [2.45, 2.75) is 24.5 Å². The third-order valence-corrected chi connectivity index (χ3v) is 8.12. The molecule has 3 aliphatic carbocycles. The smallest absolute Gasteiger partial charge is 0.255 e. The topological polar surface area (TPSA) is 173 Å². The zero-order chi connectivity index (χ0) is 29.1. The minimum absolute atomic E-state index is 0.00798. The number of rotatable bonds is 3. The molecule has 5 rings (SSSR count). The van der Waals surface area contributed by atoms with Crippen molar-refractivity contribution in [3.05, 3.63) is 75.6 Å². The molecule has 7 N–H and O–H groups in total. The molecular formula is C30H29N3O7. The summed E-state index contributed by atoms with van der Waals surface area (Å²) in [6, 6.07) is 9.31. The second kappa shape index (κ2) is 9.55. The number of aromatic hydroxyl groups is 1. The molecule has 3 aliphatic rings. The minimum Gasteiger partial charge on any atom is -0.508 e. The van der Waals surface area contributed by atoms with E-state index < -0.39 is 58.0 Å². The summed E-state index contributed by atoms with van der Waals surface area (Å²) in [5.74, 6) is -0.687. The lowest BCUT2D eigenvalue weighted by Gasteiger charge is -2.50. The number of nitrogens with two attached hydrogens (primary N) is 1. The van der Waals surface area contributed by atoms with Crippen LogP contribution in [0.2, 0.25) is 0 Å². The molecule has 0 bridgehead atoms. The van der Waals surface area contributed by atoms with Gasteiger partial charge >= 0.3 is 0 Å². The molecule has 0 saturated heterocycles. The van der Waals surface area contributed by atoms with Crippen molar-refractivity contribution in [2.75, 3.05) is 26.5 Å². The van der Waals surface area contributed by atoms with E-state index in [4.69, 9.17) is 5.73 Å². The van der Waals surface area contributed by atoms with Crippen LogP contribution in [0.1, 0.15) is 28.7 Å². The molecule has 0 spiro atoms. The summed E-state index contributed by atoms with van der Waals surface area (Å²) in [7, 11) is 4.93. The quantitative estimate of drug-likeness (QED) is 0.247. The first-order valence-corrected chi connectivity index (χ1v) is 12.7. The molecule has 0 unspecified atom stereocenters. The Morgan fingerprint density at radius 3 is 2.35 bits per heavy atom. The van der Waals surface area contributed by atoms with Crippen molar-refractivity contribution in [1.82, 2.24) is 4.90 Å². The molecule has 40 heavy (non-hydrogen) atoms. The second-order valence-electron chi connectivity index (χ2n) is 10.5. The molecule has 10 heteroatoms. The molecule has 2 aromatic rings. The number of aliphatic hydroxyl groups excluding tert-OH is 2. The number of nitrogens with one attached hydrogen (secondary N) is 1. The number of hydrogen-bond donors (Lipinski definition) is 6. The van der Waals surface area contributed by atoms with E-state index >= 15 is 0 Å². The van der Waals surface area contributed by atoms with Gasteiger partial charge in [0, 0.05) is 35.4 Å². The maximum Gasteiger partial charge on any atom is 0.255 e. The van der Waals surface area contributed by atoms with Gasteiger partial charge in [0.05, 0.1) is 11.6 Å². The van der Waals surface area contributed by atoms with Gasteiger partial charge in [-0.15, -0.1) is 0 Å². The Kier molecular flexibility index (Phi) is 6.45. The average molecular weight is 544 g/mol. The van der Waals surface area contributed by atoms with E-state index in [9.17, 15) is 34.8 Å². The average Bonchev–Trinajstić information content (AvgIpc) is 2.90. The van der Waals surface area contributed by atoms with Crippen LogP contribution in [0.5, 0.6) is 5.75 Å². The largest absolute Gasteiger partial charge is 0.508 e. The Morgan fingerprint density at radius 2 is 1.75 bits per heavy atom. The summed E-state index contributed by atoms with van der Waals surface area (Å²) in [5.41, 5.74) is 4.38. The maximum absolute atomic E-state index is 13.9. The van der Waals surface area contributed by atoms with Crippen molar-refractivity contribution >= 4 is 28.9 Å². The third kappa shape index (κ3) is 3.86. The van der Waals surface area contributed by atoms with Gasteiger partial charge in [-0.25, -0.2) is 0 Å². The van der Waals surface area contributed by atoms with Crippen LogP contribution in [0.25, 0.3) is 5.76 Å². The first kappa shape index (κ1) is 27.0. The first-order valence-electron chi connectivity index (χ1n) is 12.7. The number of carbonyl (C=O) groups is 3. The molecule has 0 aromatic heterocycles. The summed E-state index contributed by atoms with van der Waals surface area (Å²) >= 11 is 0. The summed E-state index contributed by atoms with van der Waals surface area (Å²) in [6.07, 6.45) is 0.186. The number of fused-ring (bicyclic) bond motifs is 3. The zero-order valence-electron chi connectivity index (χ0n) is 22.1. The minimum atomic E-state index is -2.67. The van der Waals surface area contributed by atoms with E-state index in [0.717, 1.165) is 11.3 Å². The number of ketones is 2. The van der Waals surface area contributed by atoms with Crippen molar-refractivity contribution in [1.29, 1.82) is 0 Å². The van der Waals surface area contributed by atoms with E-state index in [1.165, 1.54) is 11.0 Å². The van der Waals surface area contributed by atoms with E-state index in [0.29, 0.717) is 11.1 Å². The van der Waals surface area contributed by atoms with Gasteiger partial charge in [-0.05, 0) is 74.8 Å².